The Morgan fingerprint density at radius 3 is 1.42 bits per heavy atom. The number of hydrogen-bond donors (Lipinski definition) is 10. The predicted molar refractivity (Wildman–Crippen MR) is 420 cm³/mol. The Morgan fingerprint density at radius 1 is 0.422 bits per heavy atom. The summed E-state index contributed by atoms with van der Waals surface area (Å²) in [6, 6.07) is 32.6. The van der Waals surface area contributed by atoms with Gasteiger partial charge in [-0.2, -0.15) is 0 Å². The molecular formula is C86H105N17O6. The van der Waals surface area contributed by atoms with E-state index >= 15 is 0 Å². The first-order valence-electron chi connectivity index (χ1n) is 39.2. The monoisotopic (exact) mass is 1470 g/mol. The number of imidazole rings is 1. The van der Waals surface area contributed by atoms with Gasteiger partial charge >= 0.3 is 0 Å². The number of carbonyl (C=O) groups is 5. The molecule has 5 aliphatic heterocycles. The quantitative estimate of drug-likeness (QED) is 0.0459. The number of nitrogens with one attached hydrogen (secondary N) is 10. The van der Waals surface area contributed by atoms with Gasteiger partial charge in [-0.1, -0.05) is 65.8 Å². The topological polar surface area (TPSA) is 292 Å². The van der Waals surface area contributed by atoms with Crippen molar-refractivity contribution in [3.8, 4) is 0 Å². The maximum Gasteiger partial charge on any atom is 0.224 e. The molecule has 0 radical (unpaired) electrons. The molecule has 5 amide bonds. The molecule has 0 spiro atoms. The van der Waals surface area contributed by atoms with E-state index in [1.807, 2.05) is 144 Å². The number of rotatable bonds is 15. The number of piperidine rings is 5. The number of aryl methyl sites for hydroxylation is 2. The summed E-state index contributed by atoms with van der Waals surface area (Å²) < 4.78 is 9.57. The van der Waals surface area contributed by atoms with Gasteiger partial charge in [0.25, 0.3) is 0 Å². The lowest BCUT2D eigenvalue weighted by Gasteiger charge is -2.28. The molecule has 10 N–H and O–H groups in total. The summed E-state index contributed by atoms with van der Waals surface area (Å²) in [6.07, 6.45) is 15.1. The molecule has 10 fully saturated rings. The molecule has 0 bridgehead atoms. The third kappa shape index (κ3) is 14.5. The van der Waals surface area contributed by atoms with Crippen molar-refractivity contribution in [2.75, 3.05) is 65.4 Å². The molecule has 12 heterocycles. The summed E-state index contributed by atoms with van der Waals surface area (Å²) in [4.78, 5) is 80.0. The van der Waals surface area contributed by atoms with Gasteiger partial charge in [0.15, 0.2) is 5.58 Å². The van der Waals surface area contributed by atoms with Crippen LogP contribution < -0.4 is 53.2 Å². The zero-order valence-corrected chi connectivity index (χ0v) is 64.7. The maximum absolute atomic E-state index is 12.6. The Kier molecular flexibility index (Phi) is 19.2. The van der Waals surface area contributed by atoms with Gasteiger partial charge in [-0.15, -0.1) is 0 Å². The third-order valence-corrected chi connectivity index (χ3v) is 25.6. The largest absolute Gasteiger partial charge is 0.356 e. The highest BCUT2D eigenvalue weighted by Crippen LogP contribution is 2.53. The first-order chi connectivity index (χ1) is 52.2. The van der Waals surface area contributed by atoms with Gasteiger partial charge in [0, 0.05) is 94.6 Å². The van der Waals surface area contributed by atoms with Crippen molar-refractivity contribution in [3.63, 3.8) is 0 Å². The fourth-order valence-electron chi connectivity index (χ4n) is 19.0. The highest BCUT2D eigenvalue weighted by atomic mass is 16.5. The van der Waals surface area contributed by atoms with E-state index in [1.165, 1.54) is 0 Å². The van der Waals surface area contributed by atoms with E-state index < -0.39 is 11.1 Å². The number of aromatic nitrogens is 7. The zero-order chi connectivity index (χ0) is 76.2. The van der Waals surface area contributed by atoms with Gasteiger partial charge in [-0.3, -0.25) is 29.0 Å². The highest BCUT2D eigenvalue weighted by molar-refractivity contribution is 5.90. The summed E-state index contributed by atoms with van der Waals surface area (Å²) in [5.74, 6) is 7.31. The number of benzene rings is 3. The predicted octanol–water partition coefficient (Wildman–Crippen LogP) is 8.67. The number of hydrogen-bond acceptors (Lipinski definition) is 16. The SMILES string of the molecule is CC(C)(NC(=O)C1[C@H]2CNC[C@@H]12)c1cc2ccccn2c1.CC(C)(NC(=O)C1[C@H]2CNC[C@@H]12)c1ccc2nccn2c1.CC(C)(NC(=O)C1[C@H]2CNC[C@@H]12)c1cccc2cnccc12.Cc1cccc2c(C(C)(C)NC(=O)C3[C@H]4CNC[C@@H]34)ncnc12.Cc1cccc2c(C(C)(C)NC(=O)C3[C@H]4CNC[C@@H]34)noc12. The molecule has 5 saturated carbocycles. The molecule has 5 unspecified atom stereocenters. The normalized spacial score (nSPS) is 27.0. The Hall–Kier alpha value is -9.52. The van der Waals surface area contributed by atoms with Crippen LogP contribution >= 0.6 is 0 Å². The summed E-state index contributed by atoms with van der Waals surface area (Å²) >= 11 is 0. The molecule has 5 aliphatic carbocycles. The second-order valence-electron chi connectivity index (χ2n) is 35.1. The minimum absolute atomic E-state index is 0.144. The van der Waals surface area contributed by atoms with Crippen LogP contribution in [0.5, 0.6) is 0 Å². The van der Waals surface area contributed by atoms with E-state index in [0.29, 0.717) is 59.2 Å². The average molecular weight is 1470 g/mol. The first-order valence-corrected chi connectivity index (χ1v) is 39.2. The zero-order valence-electron chi connectivity index (χ0n) is 64.7. The van der Waals surface area contributed by atoms with Crippen LogP contribution in [-0.2, 0) is 51.7 Å². The number of fused-ring (bicyclic) bond motifs is 10. The van der Waals surface area contributed by atoms with Crippen molar-refractivity contribution < 1.29 is 28.5 Å². The van der Waals surface area contributed by atoms with Crippen LogP contribution in [0.2, 0.25) is 0 Å². The molecular weight excluding hydrogens is 1370 g/mol. The van der Waals surface area contributed by atoms with E-state index in [4.69, 9.17) is 4.52 Å². The van der Waals surface area contributed by atoms with Crippen LogP contribution in [0.1, 0.15) is 108 Å². The minimum Gasteiger partial charge on any atom is -0.356 e. The number of nitrogens with zero attached hydrogens (tertiary/aromatic N) is 7. The van der Waals surface area contributed by atoms with Gasteiger partial charge < -0.3 is 66.5 Å². The highest BCUT2D eigenvalue weighted by Gasteiger charge is 2.61. The van der Waals surface area contributed by atoms with Crippen LogP contribution in [0.15, 0.2) is 151 Å². The molecule has 23 heteroatoms. The summed E-state index contributed by atoms with van der Waals surface area (Å²) in [7, 11) is 0. The van der Waals surface area contributed by atoms with Crippen LogP contribution in [0, 0.1) is 103 Å². The Bertz CT molecular complexity index is 5010. The van der Waals surface area contributed by atoms with E-state index in [2.05, 4.69) is 155 Å². The second-order valence-corrected chi connectivity index (χ2v) is 35.1. The van der Waals surface area contributed by atoms with Crippen molar-refractivity contribution in [1.29, 1.82) is 0 Å². The standard InChI is InChI=1S/C18H22N4O.C18H21N3O.C17H21N3O2.C17H21N3O.C16H20N4O/c1-10-5-4-6-11-15(10)20-9-21-16(11)18(2,3)22-17(23)14-12-7-19-8-13(12)14;1-18(2,21-17(22)16-13-9-20-10-14(13)16)15-5-3-4-11-8-19-7-6-12(11)15;1-9-5-4-6-10-14(9)22-20-15(10)17(2,3)19-16(21)13-11-7-18-8-12(11)13;1-17(2,11-7-12-5-3-4-6-20(12)10-11)19-16(21)15-13-8-18-9-14(13)15;1-16(2,10-3-4-13-18-5-6-20(13)9-10)19-15(21)14-11-7-17-8-12(11)14/h4-6,9,12-14,19H,7-8H2,1-3H3,(H,22,23);3-8,13-14,16,20H,9-10H2,1-2H3,(H,21,22);4-6,11-13,18H,7-8H2,1-3H3,(H,19,21);3-7,10,13-15,18H,8-9H2,1-2H3,(H,19,21);3-6,9,11-12,14,17H,7-8H2,1-2H3,(H,19,21)/t12-,13+,14?;13-,14+,16?;11-,12+,13?;13-,14+,15?;11-,12+,14?. The second kappa shape index (κ2) is 28.4. The number of carbonyl (C=O) groups excluding carboxylic acids is 5. The molecule has 23 nitrogen and oxygen atoms in total. The Morgan fingerprint density at radius 2 is 0.890 bits per heavy atom. The van der Waals surface area contributed by atoms with Crippen molar-refractivity contribution in [3.05, 3.63) is 186 Å². The smallest absolute Gasteiger partial charge is 0.224 e. The lowest BCUT2D eigenvalue weighted by atomic mass is 9.89. The third-order valence-electron chi connectivity index (χ3n) is 25.6. The summed E-state index contributed by atoms with van der Waals surface area (Å²) in [5, 5.41) is 41.2. The number of pyridine rings is 3. The van der Waals surface area contributed by atoms with Crippen LogP contribution in [-0.4, -0.2) is 129 Å². The number of amides is 5. The van der Waals surface area contributed by atoms with E-state index in [0.717, 1.165) is 148 Å². The van der Waals surface area contributed by atoms with Gasteiger partial charge in [0.05, 0.1) is 38.9 Å². The maximum atomic E-state index is 12.6. The van der Waals surface area contributed by atoms with Crippen molar-refractivity contribution in [1.82, 2.24) is 87.1 Å². The fraction of sp³-hybridized carbons (Fsp3) is 0.488. The molecule has 10 aromatic rings. The van der Waals surface area contributed by atoms with Crippen molar-refractivity contribution in [2.45, 2.75) is 111 Å². The molecule has 109 heavy (non-hydrogen) atoms. The van der Waals surface area contributed by atoms with E-state index in [9.17, 15) is 24.0 Å². The van der Waals surface area contributed by atoms with Crippen LogP contribution in [0.25, 0.3) is 43.8 Å². The summed E-state index contributed by atoms with van der Waals surface area (Å²) in [5.41, 5.74) is 8.89. The lowest BCUT2D eigenvalue weighted by Crippen LogP contribution is -2.43. The van der Waals surface area contributed by atoms with Gasteiger partial charge in [0.2, 0.25) is 29.5 Å². The van der Waals surface area contributed by atoms with Gasteiger partial charge in [-0.25, -0.2) is 15.0 Å². The summed E-state index contributed by atoms with van der Waals surface area (Å²) in [6.45, 7) is 34.3. The van der Waals surface area contributed by atoms with Crippen molar-refractivity contribution in [2.24, 2.45) is 88.8 Å². The Labute approximate surface area is 636 Å². The van der Waals surface area contributed by atoms with Crippen molar-refractivity contribution >= 4 is 73.3 Å². The lowest BCUT2D eigenvalue weighted by molar-refractivity contribution is -0.125. The van der Waals surface area contributed by atoms with E-state index in [1.54, 1.807) is 18.7 Å². The van der Waals surface area contributed by atoms with Gasteiger partial charge in [-0.05, 0) is 277 Å². The molecule has 570 valence electrons. The molecule has 7 aromatic heterocycles. The van der Waals surface area contributed by atoms with Gasteiger partial charge in [0.1, 0.15) is 17.7 Å². The van der Waals surface area contributed by atoms with Crippen LogP contribution in [0.4, 0.5) is 0 Å². The molecule has 20 rings (SSSR count). The molecule has 5 saturated heterocycles. The fourth-order valence-corrected chi connectivity index (χ4v) is 19.0. The number of para-hydroxylation sites is 2. The van der Waals surface area contributed by atoms with Crippen LogP contribution in [0.3, 0.4) is 0 Å². The molecule has 3 aromatic carbocycles. The molecule has 10 aliphatic rings. The first kappa shape index (κ1) is 73.6. The Balaban J connectivity index is 0.000000104. The minimum atomic E-state index is -0.541. The average Bonchev–Trinajstić information content (AvgIpc) is 1.62. The van der Waals surface area contributed by atoms with E-state index in [-0.39, 0.29) is 75.7 Å². The molecule has 15 atom stereocenters.